The molecule has 0 spiro atoms. The molecule has 0 aliphatic carbocycles. The molecule has 0 aliphatic rings. The summed E-state index contributed by atoms with van der Waals surface area (Å²) < 4.78 is 6.24. The van der Waals surface area contributed by atoms with Crippen molar-refractivity contribution in [2.24, 2.45) is 21.1 Å². The van der Waals surface area contributed by atoms with Crippen LogP contribution in [0.25, 0.3) is 0 Å². The van der Waals surface area contributed by atoms with Crippen LogP contribution in [-0.2, 0) is 40.4 Å². The summed E-state index contributed by atoms with van der Waals surface area (Å²) in [4.78, 5) is 35.9. The monoisotopic (exact) mass is 511 g/mol. The summed E-state index contributed by atoms with van der Waals surface area (Å²) in [5, 5.41) is 0. The molecule has 9 nitrogen and oxygen atoms in total. The van der Waals surface area contributed by atoms with Gasteiger partial charge >= 0.3 is 7.94 Å². The average Bonchev–Trinajstić information content (AvgIpc) is 3.51. The van der Waals surface area contributed by atoms with Gasteiger partial charge in [0.15, 0.2) is 0 Å². The molecule has 200 valence electrons. The van der Waals surface area contributed by atoms with Crippen LogP contribution >= 0.6 is 7.94 Å². The van der Waals surface area contributed by atoms with Crippen LogP contribution in [0.15, 0.2) is 37.2 Å². The third kappa shape index (κ3) is 17.9. The predicted molar refractivity (Wildman–Crippen MR) is 145 cm³/mol. The highest BCUT2D eigenvalue weighted by Gasteiger charge is 2.17. The Bertz CT molecular complexity index is 775. The van der Waals surface area contributed by atoms with Gasteiger partial charge in [0.25, 0.3) is 0 Å². The van der Waals surface area contributed by atoms with Crippen molar-refractivity contribution < 1.29 is 14.7 Å². The summed E-state index contributed by atoms with van der Waals surface area (Å²) in [5.41, 5.74) is 0. The standard InChI is InChI=1S/3C8H14N2.CH6O3P/c3*1-3-4-5-8-9-6-7-10(8)2;1-5(2,3)4/h3*6-7H,3-5H2,1-2H3;2-4H,1H3/q;;;+1. The zero-order valence-electron chi connectivity index (χ0n) is 22.8. The molecule has 0 amide bonds. The summed E-state index contributed by atoms with van der Waals surface area (Å²) in [5.74, 6) is 3.59. The zero-order valence-corrected chi connectivity index (χ0v) is 23.7. The van der Waals surface area contributed by atoms with Crippen LogP contribution in [0.1, 0.15) is 76.8 Å². The fourth-order valence-corrected chi connectivity index (χ4v) is 2.92. The quantitative estimate of drug-likeness (QED) is 0.361. The summed E-state index contributed by atoms with van der Waals surface area (Å²) in [6.45, 7) is 7.56. The van der Waals surface area contributed by atoms with E-state index in [4.69, 9.17) is 14.7 Å². The Morgan fingerprint density at radius 2 is 0.829 bits per heavy atom. The highest BCUT2D eigenvalue weighted by atomic mass is 31.2. The van der Waals surface area contributed by atoms with E-state index < -0.39 is 7.94 Å². The van der Waals surface area contributed by atoms with Crippen LogP contribution in [0, 0.1) is 0 Å². The molecule has 0 unspecified atom stereocenters. The van der Waals surface area contributed by atoms with Crippen LogP contribution in [0.3, 0.4) is 0 Å². The van der Waals surface area contributed by atoms with Crippen LogP contribution in [0.5, 0.6) is 0 Å². The van der Waals surface area contributed by atoms with Crippen molar-refractivity contribution >= 4 is 7.94 Å². The van der Waals surface area contributed by atoms with Gasteiger partial charge in [0.1, 0.15) is 24.1 Å². The molecular weight excluding hydrogens is 463 g/mol. The Balaban J connectivity index is 0.000000453. The van der Waals surface area contributed by atoms with Gasteiger partial charge in [-0.2, -0.15) is 14.7 Å². The third-order valence-electron chi connectivity index (χ3n) is 5.02. The fraction of sp³-hybridized carbons (Fsp3) is 0.640. The SMILES string of the molecule is CCCCc1nccn1C.CCCCc1nccn1C.CCCCc1nccn1C.C[P+](O)(O)O. The minimum absolute atomic E-state index is 0.965. The molecule has 0 fully saturated rings. The number of nitrogens with zero attached hydrogens (tertiary/aromatic N) is 6. The molecule has 0 bridgehead atoms. The Labute approximate surface area is 212 Å². The van der Waals surface area contributed by atoms with Crippen LogP contribution in [0.4, 0.5) is 0 Å². The Hall–Kier alpha value is -2.06. The highest BCUT2D eigenvalue weighted by molar-refractivity contribution is 7.57. The summed E-state index contributed by atoms with van der Waals surface area (Å²) in [7, 11) is 2.73. The number of aryl methyl sites for hydroxylation is 6. The van der Waals surface area contributed by atoms with Crippen LogP contribution in [0.2, 0.25) is 0 Å². The van der Waals surface area contributed by atoms with E-state index in [9.17, 15) is 0 Å². The lowest BCUT2D eigenvalue weighted by atomic mass is 10.2. The first-order valence-corrected chi connectivity index (χ1v) is 14.6. The van der Waals surface area contributed by atoms with Gasteiger partial charge in [-0.1, -0.05) is 40.0 Å². The second-order valence-corrected chi connectivity index (χ2v) is 10.3. The van der Waals surface area contributed by atoms with E-state index in [1.54, 1.807) is 0 Å². The minimum Gasteiger partial charge on any atom is -0.338 e. The lowest BCUT2D eigenvalue weighted by Crippen LogP contribution is -1.96. The fourth-order valence-electron chi connectivity index (χ4n) is 2.92. The second-order valence-electron chi connectivity index (χ2n) is 8.54. The first kappa shape index (κ1) is 32.9. The molecule has 3 N–H and O–H groups in total. The van der Waals surface area contributed by atoms with Crippen molar-refractivity contribution in [3.63, 3.8) is 0 Å². The van der Waals surface area contributed by atoms with Crippen molar-refractivity contribution in [1.29, 1.82) is 0 Å². The molecule has 0 atom stereocenters. The summed E-state index contributed by atoms with van der Waals surface area (Å²) in [6.07, 6.45) is 22.3. The van der Waals surface area contributed by atoms with Gasteiger partial charge in [0.05, 0.1) is 0 Å². The number of aromatic nitrogens is 6. The average molecular weight is 512 g/mol. The van der Waals surface area contributed by atoms with E-state index in [1.165, 1.54) is 56.0 Å². The number of hydrogen-bond donors (Lipinski definition) is 3. The van der Waals surface area contributed by atoms with Crippen molar-refractivity contribution in [1.82, 2.24) is 28.7 Å². The van der Waals surface area contributed by atoms with Gasteiger partial charge in [0, 0.05) is 77.6 Å². The van der Waals surface area contributed by atoms with Gasteiger partial charge in [-0.05, 0) is 19.3 Å². The number of imidazole rings is 3. The second kappa shape index (κ2) is 19.2. The first-order valence-electron chi connectivity index (χ1n) is 12.5. The Morgan fingerprint density at radius 3 is 0.971 bits per heavy atom. The van der Waals surface area contributed by atoms with Crippen LogP contribution in [-0.4, -0.2) is 50.0 Å². The van der Waals surface area contributed by atoms with Gasteiger partial charge < -0.3 is 13.7 Å². The maximum atomic E-state index is 7.74. The topological polar surface area (TPSA) is 114 Å². The molecule has 3 heterocycles. The normalized spacial score (nSPS) is 10.5. The lowest BCUT2D eigenvalue weighted by molar-refractivity contribution is 0.340. The summed E-state index contributed by atoms with van der Waals surface area (Å²) >= 11 is 0. The predicted octanol–water partition coefficient (Wildman–Crippen LogP) is 4.64. The van der Waals surface area contributed by atoms with Crippen molar-refractivity contribution in [3.05, 3.63) is 54.7 Å². The summed E-state index contributed by atoms with van der Waals surface area (Å²) in [6, 6.07) is 0. The molecule has 10 heteroatoms. The highest BCUT2D eigenvalue weighted by Crippen LogP contribution is 2.38. The maximum absolute atomic E-state index is 7.74. The van der Waals surface area contributed by atoms with Crippen molar-refractivity contribution in [3.8, 4) is 0 Å². The molecule has 3 rings (SSSR count). The van der Waals surface area contributed by atoms with E-state index in [0.717, 1.165) is 25.9 Å². The zero-order chi connectivity index (χ0) is 26.7. The first-order chi connectivity index (χ1) is 16.5. The van der Waals surface area contributed by atoms with Crippen molar-refractivity contribution in [2.75, 3.05) is 6.66 Å². The van der Waals surface area contributed by atoms with Gasteiger partial charge in [-0.3, -0.25) is 0 Å². The van der Waals surface area contributed by atoms with Gasteiger partial charge in [0.2, 0.25) is 0 Å². The van der Waals surface area contributed by atoms with E-state index in [2.05, 4.69) is 49.4 Å². The molecule has 0 radical (unpaired) electrons. The maximum Gasteiger partial charge on any atom is 0.400 e. The molecule has 3 aromatic rings. The molecule has 35 heavy (non-hydrogen) atoms. The minimum atomic E-state index is -3.39. The molecule has 0 saturated carbocycles. The van der Waals surface area contributed by atoms with E-state index in [1.807, 2.05) is 58.3 Å². The smallest absolute Gasteiger partial charge is 0.338 e. The molecular formula is C25H48N6O3P+. The lowest BCUT2D eigenvalue weighted by Gasteiger charge is -1.97. The Morgan fingerprint density at radius 1 is 0.600 bits per heavy atom. The van der Waals surface area contributed by atoms with Gasteiger partial charge in [-0.15, -0.1) is 0 Å². The van der Waals surface area contributed by atoms with E-state index in [-0.39, 0.29) is 0 Å². The molecule has 3 aromatic heterocycles. The van der Waals surface area contributed by atoms with Gasteiger partial charge in [-0.25, -0.2) is 15.0 Å². The third-order valence-corrected chi connectivity index (χ3v) is 5.02. The largest absolute Gasteiger partial charge is 0.400 e. The molecule has 0 aliphatic heterocycles. The molecule has 0 aromatic carbocycles. The molecule has 0 saturated heterocycles. The number of hydrogen-bond acceptors (Lipinski definition) is 6. The number of rotatable bonds is 9. The number of unbranched alkanes of at least 4 members (excludes halogenated alkanes) is 3. The van der Waals surface area contributed by atoms with E-state index in [0.29, 0.717) is 0 Å². The Kier molecular flexibility index (Phi) is 18.0. The van der Waals surface area contributed by atoms with E-state index >= 15 is 0 Å². The van der Waals surface area contributed by atoms with Crippen molar-refractivity contribution in [2.45, 2.75) is 78.6 Å². The van der Waals surface area contributed by atoms with Crippen LogP contribution < -0.4 is 0 Å².